The van der Waals surface area contributed by atoms with Crippen LogP contribution >= 0.6 is 0 Å². The van der Waals surface area contributed by atoms with Gasteiger partial charge in [0.15, 0.2) is 9.84 Å². The molecule has 0 bridgehead atoms. The van der Waals surface area contributed by atoms with Crippen LogP contribution < -0.4 is 4.90 Å². The summed E-state index contributed by atoms with van der Waals surface area (Å²) in [7, 11) is -3.18. The highest BCUT2D eigenvalue weighted by atomic mass is 32.2. The van der Waals surface area contributed by atoms with E-state index in [1.165, 1.54) is 19.1 Å². The van der Waals surface area contributed by atoms with Crippen LogP contribution in [0, 0.1) is 5.92 Å². The van der Waals surface area contributed by atoms with Crippen molar-refractivity contribution in [2.24, 2.45) is 5.92 Å². The van der Waals surface area contributed by atoms with E-state index in [0.717, 1.165) is 38.2 Å². The average molecular weight is 309 g/mol. The first-order valence-electron chi connectivity index (χ1n) is 7.71. The van der Waals surface area contributed by atoms with Gasteiger partial charge in [-0.05, 0) is 43.7 Å². The molecule has 1 atom stereocenters. The lowest BCUT2D eigenvalue weighted by molar-refractivity contribution is 0.0531. The molecule has 0 aliphatic carbocycles. The molecule has 3 rings (SSSR count). The van der Waals surface area contributed by atoms with Gasteiger partial charge in [-0.2, -0.15) is 0 Å². The van der Waals surface area contributed by atoms with Gasteiger partial charge in [0.05, 0.1) is 16.7 Å². The largest absolute Gasteiger partial charge is 0.378 e. The van der Waals surface area contributed by atoms with Crippen LogP contribution in [0.4, 0.5) is 5.69 Å². The Morgan fingerprint density at radius 1 is 1.14 bits per heavy atom. The number of para-hydroxylation sites is 1. The lowest BCUT2D eigenvalue weighted by atomic mass is 9.89. The van der Waals surface area contributed by atoms with E-state index in [2.05, 4.69) is 4.90 Å². The molecule has 0 N–H and O–H groups in total. The minimum Gasteiger partial charge on any atom is -0.378 e. The fourth-order valence-electron chi connectivity index (χ4n) is 3.52. The molecule has 116 valence electrons. The maximum absolute atomic E-state index is 11.9. The van der Waals surface area contributed by atoms with Crippen molar-refractivity contribution >= 4 is 15.5 Å². The van der Waals surface area contributed by atoms with E-state index in [1.54, 1.807) is 12.1 Å². The van der Waals surface area contributed by atoms with Crippen LogP contribution in [0.1, 0.15) is 25.7 Å². The van der Waals surface area contributed by atoms with Gasteiger partial charge >= 0.3 is 0 Å². The van der Waals surface area contributed by atoms with Gasteiger partial charge in [0.2, 0.25) is 0 Å². The minimum atomic E-state index is -3.18. The summed E-state index contributed by atoms with van der Waals surface area (Å²) in [5.41, 5.74) is 0.853. The molecule has 2 saturated heterocycles. The normalized spacial score (nSPS) is 24.4. The van der Waals surface area contributed by atoms with Crippen LogP contribution in [0.15, 0.2) is 29.2 Å². The first-order valence-corrected chi connectivity index (χ1v) is 9.60. The Kier molecular flexibility index (Phi) is 4.22. The number of sulfone groups is 1. The summed E-state index contributed by atoms with van der Waals surface area (Å²) < 4.78 is 29.6. The maximum atomic E-state index is 11.9. The molecule has 2 aliphatic heterocycles. The molecular weight excluding hydrogens is 286 g/mol. The molecule has 0 aromatic heterocycles. The van der Waals surface area contributed by atoms with Crippen molar-refractivity contribution in [3.63, 3.8) is 0 Å². The predicted octanol–water partition coefficient (Wildman–Crippen LogP) is 2.49. The van der Waals surface area contributed by atoms with Gasteiger partial charge in [0.1, 0.15) is 0 Å². The SMILES string of the molecule is CS(=O)(=O)c1ccccc1N1CCC(C2CCCO2)CC1. The van der Waals surface area contributed by atoms with Crippen molar-refractivity contribution < 1.29 is 13.2 Å². The van der Waals surface area contributed by atoms with Crippen LogP contribution in [-0.2, 0) is 14.6 Å². The third kappa shape index (κ3) is 3.24. The zero-order valence-electron chi connectivity index (χ0n) is 12.5. The lowest BCUT2D eigenvalue weighted by Crippen LogP contribution is -2.38. The van der Waals surface area contributed by atoms with E-state index in [-0.39, 0.29) is 0 Å². The second kappa shape index (κ2) is 5.97. The topological polar surface area (TPSA) is 46.6 Å². The summed E-state index contributed by atoms with van der Waals surface area (Å²) in [6, 6.07) is 7.33. The van der Waals surface area contributed by atoms with E-state index in [1.807, 2.05) is 12.1 Å². The highest BCUT2D eigenvalue weighted by Crippen LogP contribution is 2.33. The number of rotatable bonds is 3. The minimum absolute atomic E-state index is 0.428. The molecule has 21 heavy (non-hydrogen) atoms. The molecule has 2 aliphatic rings. The Bertz CT molecular complexity index is 585. The zero-order valence-corrected chi connectivity index (χ0v) is 13.3. The molecule has 5 heteroatoms. The number of ether oxygens (including phenoxy) is 1. The van der Waals surface area contributed by atoms with Crippen LogP contribution in [0.25, 0.3) is 0 Å². The number of benzene rings is 1. The van der Waals surface area contributed by atoms with E-state index >= 15 is 0 Å². The molecule has 1 aromatic rings. The monoisotopic (exact) mass is 309 g/mol. The summed E-state index contributed by atoms with van der Waals surface area (Å²) in [5, 5.41) is 0. The summed E-state index contributed by atoms with van der Waals surface area (Å²) in [5.74, 6) is 0.633. The Hall–Kier alpha value is -1.07. The van der Waals surface area contributed by atoms with Crippen molar-refractivity contribution in [3.8, 4) is 0 Å². The number of piperidine rings is 1. The summed E-state index contributed by atoms with van der Waals surface area (Å²) in [4.78, 5) is 2.66. The Morgan fingerprint density at radius 3 is 2.48 bits per heavy atom. The highest BCUT2D eigenvalue weighted by molar-refractivity contribution is 7.90. The number of anilines is 1. The number of hydrogen-bond acceptors (Lipinski definition) is 4. The second-order valence-corrected chi connectivity index (χ2v) is 8.10. The smallest absolute Gasteiger partial charge is 0.177 e. The molecule has 0 saturated carbocycles. The van der Waals surface area contributed by atoms with Gasteiger partial charge in [-0.15, -0.1) is 0 Å². The molecule has 4 nitrogen and oxygen atoms in total. The van der Waals surface area contributed by atoms with Crippen molar-refractivity contribution in [1.29, 1.82) is 0 Å². The number of nitrogens with zero attached hydrogens (tertiary/aromatic N) is 1. The Morgan fingerprint density at radius 2 is 1.86 bits per heavy atom. The fourth-order valence-corrected chi connectivity index (χ4v) is 4.42. The van der Waals surface area contributed by atoms with Gasteiger partial charge in [-0.1, -0.05) is 12.1 Å². The zero-order chi connectivity index (χ0) is 14.9. The molecule has 0 radical (unpaired) electrons. The molecule has 1 unspecified atom stereocenters. The van der Waals surface area contributed by atoms with E-state index in [0.29, 0.717) is 16.9 Å². The van der Waals surface area contributed by atoms with Crippen LogP contribution in [0.5, 0.6) is 0 Å². The second-order valence-electron chi connectivity index (χ2n) is 6.12. The predicted molar refractivity (Wildman–Crippen MR) is 83.5 cm³/mol. The molecule has 2 heterocycles. The molecule has 0 amide bonds. The van der Waals surface area contributed by atoms with Crippen LogP contribution in [0.3, 0.4) is 0 Å². The fraction of sp³-hybridized carbons (Fsp3) is 0.625. The van der Waals surface area contributed by atoms with Gasteiger partial charge in [0.25, 0.3) is 0 Å². The quantitative estimate of drug-likeness (QED) is 0.860. The third-order valence-corrected chi connectivity index (χ3v) is 5.78. The van der Waals surface area contributed by atoms with Crippen molar-refractivity contribution in [1.82, 2.24) is 0 Å². The summed E-state index contributed by atoms with van der Waals surface area (Å²) >= 11 is 0. The van der Waals surface area contributed by atoms with Crippen LogP contribution in [-0.4, -0.2) is 40.5 Å². The third-order valence-electron chi connectivity index (χ3n) is 4.64. The molecule has 1 aromatic carbocycles. The van der Waals surface area contributed by atoms with Gasteiger partial charge in [0, 0.05) is 26.0 Å². The van der Waals surface area contributed by atoms with Crippen molar-refractivity contribution in [2.75, 3.05) is 30.9 Å². The molecular formula is C16H23NO3S. The van der Waals surface area contributed by atoms with E-state index in [9.17, 15) is 8.42 Å². The first kappa shape index (κ1) is 14.9. The van der Waals surface area contributed by atoms with Crippen molar-refractivity contribution in [2.45, 2.75) is 36.7 Å². The van der Waals surface area contributed by atoms with Crippen LogP contribution in [0.2, 0.25) is 0 Å². The Labute approximate surface area is 127 Å². The Balaban J connectivity index is 1.72. The van der Waals surface area contributed by atoms with E-state index < -0.39 is 9.84 Å². The summed E-state index contributed by atoms with van der Waals surface area (Å²) in [6.45, 7) is 2.73. The van der Waals surface area contributed by atoms with Gasteiger partial charge in [-0.3, -0.25) is 0 Å². The average Bonchev–Trinajstić information content (AvgIpc) is 3.01. The first-order chi connectivity index (χ1) is 10.1. The van der Waals surface area contributed by atoms with Crippen molar-refractivity contribution in [3.05, 3.63) is 24.3 Å². The lowest BCUT2D eigenvalue weighted by Gasteiger charge is -2.36. The van der Waals surface area contributed by atoms with Gasteiger partial charge in [-0.25, -0.2) is 8.42 Å². The highest BCUT2D eigenvalue weighted by Gasteiger charge is 2.30. The summed E-state index contributed by atoms with van der Waals surface area (Å²) in [6.07, 6.45) is 6.25. The number of hydrogen-bond donors (Lipinski definition) is 0. The van der Waals surface area contributed by atoms with E-state index in [4.69, 9.17) is 4.74 Å². The molecule has 0 spiro atoms. The van der Waals surface area contributed by atoms with Gasteiger partial charge < -0.3 is 9.64 Å². The standard InChI is InChI=1S/C16H23NO3S/c1-21(18,19)16-7-3-2-5-14(16)17-10-8-13(9-11-17)15-6-4-12-20-15/h2-3,5,7,13,15H,4,6,8-12H2,1H3. The maximum Gasteiger partial charge on any atom is 0.177 e. The molecule has 2 fully saturated rings.